The molecule has 1 aliphatic rings. The molecule has 0 spiro atoms. The number of aromatic carboxylic acids is 1. The Labute approximate surface area is 83.0 Å². The van der Waals surface area contributed by atoms with Gasteiger partial charge in [-0.1, -0.05) is 0 Å². The van der Waals surface area contributed by atoms with E-state index in [4.69, 9.17) is 5.11 Å². The van der Waals surface area contributed by atoms with Crippen molar-refractivity contribution in [3.63, 3.8) is 0 Å². The van der Waals surface area contributed by atoms with Crippen molar-refractivity contribution in [1.82, 2.24) is 0 Å². The highest BCUT2D eigenvalue weighted by atomic mass is 19.3. The third-order valence-corrected chi connectivity index (χ3v) is 1.98. The number of hydrogen-bond acceptors (Lipinski definition) is 3. The van der Waals surface area contributed by atoms with Crippen molar-refractivity contribution in [2.24, 2.45) is 0 Å². The molecule has 1 aliphatic heterocycles. The summed E-state index contributed by atoms with van der Waals surface area (Å²) in [6.07, 6.45) is -3.72. The molecule has 1 aromatic carbocycles. The molecule has 0 saturated heterocycles. The Hall–Kier alpha value is -1.85. The molecule has 2 rings (SSSR count). The maximum Gasteiger partial charge on any atom is 0.586 e. The number of carbonyl (C=O) groups is 1. The molecular formula is C9H6F2O4. The number of aryl methyl sites for hydroxylation is 1. The van der Waals surface area contributed by atoms with Gasteiger partial charge < -0.3 is 14.6 Å². The maximum atomic E-state index is 12.6. The van der Waals surface area contributed by atoms with E-state index in [0.29, 0.717) is 5.56 Å². The van der Waals surface area contributed by atoms with E-state index in [-0.39, 0.29) is 17.1 Å². The molecule has 1 N–H and O–H groups in total. The Morgan fingerprint density at radius 3 is 2.40 bits per heavy atom. The molecule has 15 heavy (non-hydrogen) atoms. The quantitative estimate of drug-likeness (QED) is 0.780. The van der Waals surface area contributed by atoms with Crippen LogP contribution < -0.4 is 9.47 Å². The number of carboxylic acid groups (broad SMARTS) is 1. The minimum absolute atomic E-state index is 0.0879. The Kier molecular flexibility index (Phi) is 1.82. The van der Waals surface area contributed by atoms with Crippen LogP contribution in [0.4, 0.5) is 8.78 Å². The van der Waals surface area contributed by atoms with Gasteiger partial charge in [0.1, 0.15) is 0 Å². The lowest BCUT2D eigenvalue weighted by molar-refractivity contribution is -0.286. The molecule has 6 heteroatoms. The average Bonchev–Trinajstić information content (AvgIpc) is 2.36. The van der Waals surface area contributed by atoms with Crippen LogP contribution in [0.25, 0.3) is 0 Å². The van der Waals surface area contributed by atoms with Gasteiger partial charge in [0, 0.05) is 0 Å². The number of fused-ring (bicyclic) bond motifs is 1. The van der Waals surface area contributed by atoms with Crippen LogP contribution in [0.2, 0.25) is 0 Å². The molecule has 0 atom stereocenters. The third kappa shape index (κ3) is 1.58. The first-order chi connectivity index (χ1) is 6.89. The Morgan fingerprint density at radius 1 is 1.33 bits per heavy atom. The number of alkyl halides is 2. The second-order valence-electron chi connectivity index (χ2n) is 3.09. The minimum Gasteiger partial charge on any atom is -0.478 e. The van der Waals surface area contributed by atoms with Gasteiger partial charge >= 0.3 is 12.3 Å². The Balaban J connectivity index is 2.50. The second-order valence-corrected chi connectivity index (χ2v) is 3.09. The zero-order valence-electron chi connectivity index (χ0n) is 7.58. The van der Waals surface area contributed by atoms with Gasteiger partial charge in [0.2, 0.25) is 0 Å². The van der Waals surface area contributed by atoms with Gasteiger partial charge in [-0.2, -0.15) is 0 Å². The van der Waals surface area contributed by atoms with Crippen LogP contribution in [0.1, 0.15) is 15.9 Å². The summed E-state index contributed by atoms with van der Waals surface area (Å²) in [6.45, 7) is 1.49. The van der Waals surface area contributed by atoms with Gasteiger partial charge in [-0.15, -0.1) is 8.78 Å². The number of halogens is 2. The molecule has 0 saturated carbocycles. The van der Waals surface area contributed by atoms with Gasteiger partial charge in [0.15, 0.2) is 11.5 Å². The van der Waals surface area contributed by atoms with Gasteiger partial charge in [0.05, 0.1) is 5.56 Å². The highest BCUT2D eigenvalue weighted by Gasteiger charge is 2.43. The third-order valence-electron chi connectivity index (χ3n) is 1.98. The smallest absolute Gasteiger partial charge is 0.478 e. The molecule has 0 bridgehead atoms. The Bertz CT molecular complexity index is 442. The summed E-state index contributed by atoms with van der Waals surface area (Å²) >= 11 is 0. The number of rotatable bonds is 1. The summed E-state index contributed by atoms with van der Waals surface area (Å²) in [5.41, 5.74) is 0.248. The average molecular weight is 216 g/mol. The van der Waals surface area contributed by atoms with E-state index in [9.17, 15) is 13.6 Å². The predicted octanol–water partition coefficient (Wildman–Crippen LogP) is 2.01. The zero-order chi connectivity index (χ0) is 11.2. The van der Waals surface area contributed by atoms with Crippen molar-refractivity contribution in [2.45, 2.75) is 13.2 Å². The van der Waals surface area contributed by atoms with Crippen molar-refractivity contribution in [2.75, 3.05) is 0 Å². The summed E-state index contributed by atoms with van der Waals surface area (Å²) in [4.78, 5) is 10.7. The molecule has 1 heterocycles. The second kappa shape index (κ2) is 2.82. The summed E-state index contributed by atoms with van der Waals surface area (Å²) in [7, 11) is 0. The number of benzene rings is 1. The first-order valence-corrected chi connectivity index (χ1v) is 4.03. The molecule has 4 nitrogen and oxygen atoms in total. The summed E-state index contributed by atoms with van der Waals surface area (Å²) < 4.78 is 33.5. The van der Waals surface area contributed by atoms with Crippen LogP contribution in [0.15, 0.2) is 12.1 Å². The van der Waals surface area contributed by atoms with Gasteiger partial charge in [0.25, 0.3) is 0 Å². The standard InChI is InChI=1S/C9H6F2O4/c1-4-2-6-7(3-5(4)8(12)13)15-9(10,11)14-6/h2-3H,1H3,(H,12,13). The molecule has 0 fully saturated rings. The van der Waals surface area contributed by atoms with E-state index in [2.05, 4.69) is 9.47 Å². The Morgan fingerprint density at radius 2 is 1.87 bits per heavy atom. The monoisotopic (exact) mass is 216 g/mol. The highest BCUT2D eigenvalue weighted by molar-refractivity contribution is 5.90. The fourth-order valence-corrected chi connectivity index (χ4v) is 1.33. The summed E-state index contributed by atoms with van der Waals surface area (Å²) in [6, 6.07) is 2.23. The molecule has 1 aromatic rings. The van der Waals surface area contributed by atoms with Crippen LogP contribution in [-0.4, -0.2) is 17.4 Å². The lowest BCUT2D eigenvalue weighted by Gasteiger charge is -2.04. The number of ether oxygens (including phenoxy) is 2. The van der Waals surface area contributed by atoms with Crippen molar-refractivity contribution < 1.29 is 28.2 Å². The van der Waals surface area contributed by atoms with Crippen LogP contribution in [0.3, 0.4) is 0 Å². The highest BCUT2D eigenvalue weighted by Crippen LogP contribution is 2.42. The van der Waals surface area contributed by atoms with Crippen LogP contribution in [0, 0.1) is 6.92 Å². The fourth-order valence-electron chi connectivity index (χ4n) is 1.33. The van der Waals surface area contributed by atoms with Crippen LogP contribution >= 0.6 is 0 Å². The van der Waals surface area contributed by atoms with Gasteiger partial charge in [-0.05, 0) is 24.6 Å². The molecule has 0 aromatic heterocycles. The number of carboxylic acids is 1. The maximum absolute atomic E-state index is 12.6. The molecular weight excluding hydrogens is 210 g/mol. The lowest BCUT2D eigenvalue weighted by Crippen LogP contribution is -2.25. The summed E-state index contributed by atoms with van der Waals surface area (Å²) in [5, 5.41) is 8.74. The van der Waals surface area contributed by atoms with Crippen molar-refractivity contribution >= 4 is 5.97 Å². The van der Waals surface area contributed by atoms with Crippen molar-refractivity contribution in [1.29, 1.82) is 0 Å². The topological polar surface area (TPSA) is 55.8 Å². The molecule has 80 valence electrons. The van der Waals surface area contributed by atoms with Crippen molar-refractivity contribution in [3.05, 3.63) is 23.3 Å². The minimum atomic E-state index is -3.72. The SMILES string of the molecule is Cc1cc2c(cc1C(=O)O)OC(F)(F)O2. The predicted molar refractivity (Wildman–Crippen MR) is 44.3 cm³/mol. The molecule has 0 radical (unpaired) electrons. The lowest BCUT2D eigenvalue weighted by atomic mass is 10.1. The number of hydrogen-bond donors (Lipinski definition) is 1. The van der Waals surface area contributed by atoms with Crippen LogP contribution in [0.5, 0.6) is 11.5 Å². The van der Waals surface area contributed by atoms with E-state index in [1.165, 1.54) is 13.0 Å². The van der Waals surface area contributed by atoms with Gasteiger partial charge in [-0.3, -0.25) is 0 Å². The molecule has 0 amide bonds. The normalized spacial score (nSPS) is 16.5. The van der Waals surface area contributed by atoms with Crippen molar-refractivity contribution in [3.8, 4) is 11.5 Å². The van der Waals surface area contributed by atoms with E-state index >= 15 is 0 Å². The van der Waals surface area contributed by atoms with E-state index in [1.54, 1.807) is 0 Å². The largest absolute Gasteiger partial charge is 0.586 e. The molecule has 0 aliphatic carbocycles. The van der Waals surface area contributed by atoms with E-state index in [0.717, 1.165) is 6.07 Å². The van der Waals surface area contributed by atoms with E-state index in [1.807, 2.05) is 0 Å². The zero-order valence-corrected chi connectivity index (χ0v) is 7.58. The van der Waals surface area contributed by atoms with Gasteiger partial charge in [-0.25, -0.2) is 4.79 Å². The fraction of sp³-hybridized carbons (Fsp3) is 0.222. The first kappa shape index (κ1) is 9.70. The van der Waals surface area contributed by atoms with Crippen LogP contribution in [-0.2, 0) is 0 Å². The van der Waals surface area contributed by atoms with E-state index < -0.39 is 12.3 Å². The first-order valence-electron chi connectivity index (χ1n) is 4.03. The summed E-state index contributed by atoms with van der Waals surface area (Å²) in [5.74, 6) is -1.61. The molecule has 0 unspecified atom stereocenters.